The highest BCUT2D eigenvalue weighted by atomic mass is 35.5. The van der Waals surface area contributed by atoms with Crippen LogP contribution in [0.15, 0.2) is 54.6 Å². The number of carbonyl (C=O) groups is 1. The Morgan fingerprint density at radius 3 is 2.68 bits per heavy atom. The lowest BCUT2D eigenvalue weighted by Crippen LogP contribution is -2.32. The van der Waals surface area contributed by atoms with Gasteiger partial charge < -0.3 is 19.1 Å². The Morgan fingerprint density at radius 1 is 1.12 bits per heavy atom. The first-order valence-electron chi connectivity index (χ1n) is 13.3. The van der Waals surface area contributed by atoms with Gasteiger partial charge in [0, 0.05) is 23.7 Å². The number of ether oxygens (including phenoxy) is 2. The van der Waals surface area contributed by atoms with Crippen LogP contribution in [-0.4, -0.2) is 51.3 Å². The highest BCUT2D eigenvalue weighted by molar-refractivity contribution is 7.59. The number of likely N-dealkylation sites (tertiary alicyclic amines) is 1. The SMILES string of the molecule is O=C(O)c1ccc2nc(CN3CCC(c4ccc(F)c(COc5ccc(Cl)cc5Cl)c4)C3)n(C[C@@H]3CCO3)c2c1.S. The second-order valence-corrected chi connectivity index (χ2v) is 11.2. The minimum Gasteiger partial charge on any atom is -0.487 e. The zero-order chi connectivity index (χ0) is 27.8. The first kappa shape index (κ1) is 29.7. The number of rotatable bonds is 9. The van der Waals surface area contributed by atoms with Crippen LogP contribution in [0, 0.1) is 5.82 Å². The first-order valence-corrected chi connectivity index (χ1v) is 14.0. The van der Waals surface area contributed by atoms with Crippen LogP contribution in [0.3, 0.4) is 0 Å². The van der Waals surface area contributed by atoms with Gasteiger partial charge in [0.2, 0.25) is 0 Å². The number of carboxylic acid groups (broad SMARTS) is 1. The van der Waals surface area contributed by atoms with E-state index in [-0.39, 0.29) is 43.5 Å². The minimum absolute atomic E-state index is 0. The fourth-order valence-corrected chi connectivity index (χ4v) is 5.88. The summed E-state index contributed by atoms with van der Waals surface area (Å²) in [6.45, 7) is 3.76. The van der Waals surface area contributed by atoms with Crippen LogP contribution in [-0.2, 0) is 24.4 Å². The maximum atomic E-state index is 14.6. The zero-order valence-electron chi connectivity index (χ0n) is 22.2. The maximum Gasteiger partial charge on any atom is 0.335 e. The van der Waals surface area contributed by atoms with Crippen molar-refractivity contribution in [2.45, 2.75) is 44.6 Å². The van der Waals surface area contributed by atoms with Crippen molar-refractivity contribution in [2.75, 3.05) is 19.7 Å². The van der Waals surface area contributed by atoms with Gasteiger partial charge in [-0.3, -0.25) is 4.90 Å². The van der Waals surface area contributed by atoms with Crippen molar-refractivity contribution in [1.82, 2.24) is 14.5 Å². The van der Waals surface area contributed by atoms with E-state index in [0.717, 1.165) is 55.0 Å². The molecule has 3 aromatic carbocycles. The number of halogens is 3. The highest BCUT2D eigenvalue weighted by Crippen LogP contribution is 2.32. The highest BCUT2D eigenvalue weighted by Gasteiger charge is 2.28. The lowest BCUT2D eigenvalue weighted by atomic mass is 9.96. The topological polar surface area (TPSA) is 76.8 Å². The van der Waals surface area contributed by atoms with E-state index in [4.69, 9.17) is 37.7 Å². The Balaban J connectivity index is 0.00000337. The monoisotopic (exact) mass is 617 g/mol. The summed E-state index contributed by atoms with van der Waals surface area (Å²) in [7, 11) is 0. The van der Waals surface area contributed by atoms with E-state index in [0.29, 0.717) is 34.4 Å². The number of aromatic carboxylic acids is 1. The molecule has 0 saturated carbocycles. The molecule has 2 aliphatic heterocycles. The quantitative estimate of drug-likeness (QED) is 0.227. The molecule has 6 rings (SSSR count). The van der Waals surface area contributed by atoms with Gasteiger partial charge in [-0.2, -0.15) is 13.5 Å². The van der Waals surface area contributed by atoms with E-state index in [1.807, 2.05) is 12.1 Å². The standard InChI is InChI=1S/C30H28Cl2FN3O4.H2S/c31-22-3-6-28(24(32)13-22)40-17-21-11-18(1-4-25(21)33)20-7-9-35(14-20)16-29-34-26-5-2-19(30(37)38)12-27(26)36(29)15-23-8-10-39-23;/h1-6,11-13,20,23H,7-10,14-17H2,(H,37,38);1H2/t20?,23-;/m0./s1. The number of aromatic nitrogens is 2. The maximum absolute atomic E-state index is 14.6. The third kappa shape index (κ3) is 6.49. The van der Waals surface area contributed by atoms with Crippen molar-refractivity contribution in [3.8, 4) is 5.75 Å². The third-order valence-electron chi connectivity index (χ3n) is 7.71. The number of carboxylic acids is 1. The van der Waals surface area contributed by atoms with Crippen LogP contribution in [0.25, 0.3) is 11.0 Å². The lowest BCUT2D eigenvalue weighted by Gasteiger charge is -2.28. The van der Waals surface area contributed by atoms with Crippen molar-refractivity contribution < 1.29 is 23.8 Å². The average molecular weight is 619 g/mol. The molecule has 2 fully saturated rings. The van der Waals surface area contributed by atoms with Gasteiger partial charge >= 0.3 is 5.97 Å². The fraction of sp³-hybridized carbons (Fsp3) is 0.333. The van der Waals surface area contributed by atoms with Crippen LogP contribution < -0.4 is 4.74 Å². The Bertz CT molecular complexity index is 1580. The predicted octanol–water partition coefficient (Wildman–Crippen LogP) is 6.65. The number of fused-ring (bicyclic) bond motifs is 1. The predicted molar refractivity (Wildman–Crippen MR) is 161 cm³/mol. The summed E-state index contributed by atoms with van der Waals surface area (Å²) < 4.78 is 28.2. The zero-order valence-corrected chi connectivity index (χ0v) is 24.7. The van der Waals surface area contributed by atoms with Gasteiger partial charge in [-0.15, -0.1) is 0 Å². The van der Waals surface area contributed by atoms with Gasteiger partial charge in [-0.25, -0.2) is 14.2 Å². The van der Waals surface area contributed by atoms with E-state index in [1.165, 1.54) is 6.07 Å². The lowest BCUT2D eigenvalue weighted by molar-refractivity contribution is -0.0591. The smallest absolute Gasteiger partial charge is 0.335 e. The Morgan fingerprint density at radius 2 is 1.95 bits per heavy atom. The number of nitrogens with zero attached hydrogens (tertiary/aromatic N) is 3. The second-order valence-electron chi connectivity index (χ2n) is 10.4. The average Bonchev–Trinajstić information content (AvgIpc) is 3.50. The fourth-order valence-electron chi connectivity index (χ4n) is 5.42. The van der Waals surface area contributed by atoms with E-state index < -0.39 is 5.97 Å². The second kappa shape index (κ2) is 12.6. The van der Waals surface area contributed by atoms with E-state index in [1.54, 1.807) is 36.4 Å². The largest absolute Gasteiger partial charge is 0.487 e. The van der Waals surface area contributed by atoms with Crippen molar-refractivity contribution >= 4 is 53.7 Å². The molecule has 7 nitrogen and oxygen atoms in total. The van der Waals surface area contributed by atoms with E-state index >= 15 is 0 Å². The van der Waals surface area contributed by atoms with Crippen molar-refractivity contribution in [2.24, 2.45) is 0 Å². The molecule has 1 unspecified atom stereocenters. The van der Waals surface area contributed by atoms with Gasteiger partial charge in [0.25, 0.3) is 0 Å². The first-order chi connectivity index (χ1) is 19.3. The van der Waals surface area contributed by atoms with Crippen molar-refractivity contribution in [1.29, 1.82) is 0 Å². The molecule has 4 aromatic rings. The molecule has 0 aliphatic carbocycles. The molecule has 0 amide bonds. The summed E-state index contributed by atoms with van der Waals surface area (Å²) in [5, 5.41) is 10.4. The summed E-state index contributed by atoms with van der Waals surface area (Å²) in [6.07, 6.45) is 2.02. The molecule has 1 aromatic heterocycles. The van der Waals surface area contributed by atoms with Crippen LogP contribution in [0.5, 0.6) is 5.75 Å². The molecule has 0 bridgehead atoms. The number of imidazole rings is 1. The molecule has 11 heteroatoms. The van der Waals surface area contributed by atoms with Crippen LogP contribution in [0.1, 0.15) is 46.1 Å². The molecular weight excluding hydrogens is 588 g/mol. The van der Waals surface area contributed by atoms with Gasteiger partial charge in [0.05, 0.1) is 40.8 Å². The van der Waals surface area contributed by atoms with Gasteiger partial charge in [-0.05, 0) is 79.4 Å². The minimum atomic E-state index is -0.959. The van der Waals surface area contributed by atoms with Crippen LogP contribution >= 0.6 is 36.7 Å². The molecular formula is C30H30Cl2FN3O4S. The molecule has 41 heavy (non-hydrogen) atoms. The van der Waals surface area contributed by atoms with Crippen molar-refractivity contribution in [3.63, 3.8) is 0 Å². The molecule has 2 atom stereocenters. The summed E-state index contributed by atoms with van der Waals surface area (Å²) in [5.74, 6) is 0.301. The number of hydrogen-bond acceptors (Lipinski definition) is 5. The molecule has 0 radical (unpaired) electrons. The Hall–Kier alpha value is -2.82. The normalized spacial score (nSPS) is 18.7. The summed E-state index contributed by atoms with van der Waals surface area (Å²) in [4.78, 5) is 18.8. The van der Waals surface area contributed by atoms with Crippen LogP contribution in [0.2, 0.25) is 10.0 Å². The molecule has 216 valence electrons. The molecule has 2 saturated heterocycles. The van der Waals surface area contributed by atoms with Gasteiger partial charge in [0.15, 0.2) is 0 Å². The van der Waals surface area contributed by atoms with Gasteiger partial charge in [0.1, 0.15) is 24.0 Å². The number of hydrogen-bond donors (Lipinski definition) is 1. The molecule has 1 N–H and O–H groups in total. The molecule has 0 spiro atoms. The van der Waals surface area contributed by atoms with E-state index in [9.17, 15) is 14.3 Å². The van der Waals surface area contributed by atoms with Gasteiger partial charge in [-0.1, -0.05) is 29.3 Å². The Labute approximate surface area is 254 Å². The summed E-state index contributed by atoms with van der Waals surface area (Å²) in [6, 6.07) is 15.2. The molecule has 2 aliphatic rings. The summed E-state index contributed by atoms with van der Waals surface area (Å²) in [5.41, 5.74) is 3.36. The Kier molecular flexibility index (Phi) is 9.11. The van der Waals surface area contributed by atoms with E-state index in [2.05, 4.69) is 9.47 Å². The van der Waals surface area contributed by atoms with Crippen LogP contribution in [0.4, 0.5) is 4.39 Å². The third-order valence-corrected chi connectivity index (χ3v) is 8.24. The molecule has 3 heterocycles. The summed E-state index contributed by atoms with van der Waals surface area (Å²) >= 11 is 12.2. The number of benzene rings is 3. The van der Waals surface area contributed by atoms with Crippen molar-refractivity contribution in [3.05, 3.63) is 93.0 Å².